The molecular weight excluding hydrogens is 548 g/mol. The van der Waals surface area contributed by atoms with Crippen LogP contribution >= 0.6 is 0 Å². The number of hydrogen-bond donors (Lipinski definition) is 8. The van der Waals surface area contributed by atoms with Crippen molar-refractivity contribution in [3.63, 3.8) is 0 Å². The normalized spacial score (nSPS) is 34.0. The summed E-state index contributed by atoms with van der Waals surface area (Å²) in [5.74, 6) is -0.346. The zero-order valence-electron chi connectivity index (χ0n) is 21.3. The monoisotopic (exact) mass is 578 g/mol. The molecule has 3 heterocycles. The van der Waals surface area contributed by atoms with E-state index in [1.165, 1.54) is 12.1 Å². The van der Waals surface area contributed by atoms with E-state index in [1.54, 1.807) is 30.3 Å². The fourth-order valence-corrected chi connectivity index (χ4v) is 4.74. The maximum atomic E-state index is 12.7. The lowest BCUT2D eigenvalue weighted by Gasteiger charge is -2.42. The van der Waals surface area contributed by atoms with Crippen LogP contribution in [0.3, 0.4) is 0 Å². The number of fused-ring (bicyclic) bond motifs is 1. The molecule has 8 N–H and O–H groups in total. The highest BCUT2D eigenvalue weighted by atomic mass is 16.7. The summed E-state index contributed by atoms with van der Waals surface area (Å²) in [5, 5.41) is 81.2. The number of hydrogen-bond acceptors (Lipinski definition) is 14. The van der Waals surface area contributed by atoms with Gasteiger partial charge in [-0.2, -0.15) is 0 Å². The fraction of sp³-hybridized carbons (Fsp3) is 0.444. The Morgan fingerprint density at radius 1 is 0.756 bits per heavy atom. The second kappa shape index (κ2) is 12.0. The van der Waals surface area contributed by atoms with Gasteiger partial charge in [0.05, 0.1) is 13.2 Å². The molecular formula is C27H30O14. The number of aromatic hydroxyl groups is 1. The quantitative estimate of drug-likeness (QED) is 0.154. The van der Waals surface area contributed by atoms with Crippen LogP contribution < -0.4 is 10.2 Å². The van der Waals surface area contributed by atoms with Crippen LogP contribution in [0.15, 0.2) is 57.7 Å². The molecule has 2 aromatic carbocycles. The number of aliphatic hydroxyl groups excluding tert-OH is 7. The first-order valence-electron chi connectivity index (χ1n) is 12.7. The van der Waals surface area contributed by atoms with Crippen LogP contribution in [-0.2, 0) is 14.2 Å². The Hall–Kier alpha value is -3.15. The maximum absolute atomic E-state index is 12.7. The zero-order chi connectivity index (χ0) is 29.4. The van der Waals surface area contributed by atoms with E-state index in [0.717, 1.165) is 6.07 Å². The Morgan fingerprint density at radius 2 is 1.39 bits per heavy atom. The molecule has 2 fully saturated rings. The molecule has 14 nitrogen and oxygen atoms in total. The topological polar surface area (TPSA) is 229 Å². The van der Waals surface area contributed by atoms with Crippen LogP contribution in [0.1, 0.15) is 0 Å². The lowest BCUT2D eigenvalue weighted by Crippen LogP contribution is -2.62. The van der Waals surface area contributed by atoms with E-state index in [9.17, 15) is 45.6 Å². The Bertz CT molecular complexity index is 1390. The van der Waals surface area contributed by atoms with Crippen molar-refractivity contribution in [2.75, 3.05) is 13.2 Å². The summed E-state index contributed by atoms with van der Waals surface area (Å²) in [6.45, 7) is -1.23. The molecule has 0 saturated carbocycles. The van der Waals surface area contributed by atoms with Crippen LogP contribution in [-0.4, -0.2) is 115 Å². The lowest BCUT2D eigenvalue weighted by molar-refractivity contribution is -0.323. The van der Waals surface area contributed by atoms with Gasteiger partial charge in [-0.25, -0.2) is 0 Å². The Morgan fingerprint density at radius 3 is 2.07 bits per heavy atom. The van der Waals surface area contributed by atoms with Crippen molar-refractivity contribution in [3.8, 4) is 22.8 Å². The van der Waals surface area contributed by atoms with Gasteiger partial charge in [-0.1, -0.05) is 30.3 Å². The van der Waals surface area contributed by atoms with Crippen molar-refractivity contribution in [3.05, 3.63) is 58.8 Å². The minimum Gasteiger partial charge on any atom is -0.507 e. The van der Waals surface area contributed by atoms with Gasteiger partial charge >= 0.3 is 0 Å². The molecule has 2 aliphatic rings. The van der Waals surface area contributed by atoms with Crippen molar-refractivity contribution < 1.29 is 64.2 Å². The van der Waals surface area contributed by atoms with Crippen molar-refractivity contribution in [2.45, 2.75) is 61.4 Å². The Balaban J connectivity index is 1.34. The Labute approximate surface area is 231 Å². The van der Waals surface area contributed by atoms with E-state index < -0.39 is 85.8 Å². The van der Waals surface area contributed by atoms with Gasteiger partial charge in [0.15, 0.2) is 11.7 Å². The highest BCUT2D eigenvalue weighted by Crippen LogP contribution is 2.33. The van der Waals surface area contributed by atoms with E-state index in [0.29, 0.717) is 5.56 Å². The summed E-state index contributed by atoms with van der Waals surface area (Å²) in [7, 11) is 0. The molecule has 14 heteroatoms. The van der Waals surface area contributed by atoms with Gasteiger partial charge in [0.25, 0.3) is 0 Å². The lowest BCUT2D eigenvalue weighted by atomic mass is 9.98. The van der Waals surface area contributed by atoms with Crippen LogP contribution in [0.5, 0.6) is 11.5 Å². The number of ether oxygens (including phenoxy) is 4. The third-order valence-corrected chi connectivity index (χ3v) is 7.04. The largest absolute Gasteiger partial charge is 0.507 e. The molecule has 0 spiro atoms. The van der Waals surface area contributed by atoms with Gasteiger partial charge in [-0.15, -0.1) is 0 Å². The van der Waals surface area contributed by atoms with Gasteiger partial charge in [0.2, 0.25) is 6.29 Å². The summed E-state index contributed by atoms with van der Waals surface area (Å²) < 4.78 is 27.8. The van der Waals surface area contributed by atoms with Crippen LogP contribution in [0.2, 0.25) is 0 Å². The highest BCUT2D eigenvalue weighted by Gasteiger charge is 2.48. The summed E-state index contributed by atoms with van der Waals surface area (Å²) in [6.07, 6.45) is -16.0. The molecule has 0 bridgehead atoms. The van der Waals surface area contributed by atoms with Crippen molar-refractivity contribution in [1.29, 1.82) is 0 Å². The molecule has 5 rings (SSSR count). The fourth-order valence-electron chi connectivity index (χ4n) is 4.74. The average Bonchev–Trinajstić information content (AvgIpc) is 2.96. The summed E-state index contributed by atoms with van der Waals surface area (Å²) in [4.78, 5) is 12.7. The van der Waals surface area contributed by atoms with E-state index >= 15 is 0 Å². The number of benzene rings is 2. The average molecular weight is 579 g/mol. The molecule has 41 heavy (non-hydrogen) atoms. The minimum atomic E-state index is -1.78. The summed E-state index contributed by atoms with van der Waals surface area (Å²) in [5.41, 5.74) is 0.0782. The van der Waals surface area contributed by atoms with Crippen molar-refractivity contribution >= 4 is 11.0 Å². The highest BCUT2D eigenvalue weighted by molar-refractivity contribution is 5.86. The van der Waals surface area contributed by atoms with Gasteiger partial charge < -0.3 is 64.2 Å². The molecule has 5 unspecified atom stereocenters. The molecule has 10 atom stereocenters. The molecule has 0 amide bonds. The van der Waals surface area contributed by atoms with Gasteiger partial charge in [0, 0.05) is 23.8 Å². The molecule has 1 aromatic heterocycles. The second-order valence-corrected chi connectivity index (χ2v) is 9.82. The van der Waals surface area contributed by atoms with E-state index in [-0.39, 0.29) is 22.5 Å². The van der Waals surface area contributed by atoms with Gasteiger partial charge in [-0.05, 0) is 0 Å². The standard InChI is InChI=1S/C27H30O14/c28-9-17-20(31)22(33)24(35)26(40-17)37-10-18-21(32)23(34)25(36)27(41-18)38-12-6-13(29)19-14(30)8-15(39-16(19)7-12)11-4-2-1-3-5-11/h1-8,17-18,20-29,31-36H,9-10H2/t17-,18?,20?,21-,22+,23?,24?,25-,26-,27?/m1/s1. The number of phenolic OH excluding ortho intramolecular Hbond substituents is 1. The summed E-state index contributed by atoms with van der Waals surface area (Å²) in [6, 6.07) is 12.4. The van der Waals surface area contributed by atoms with Crippen LogP contribution in [0.4, 0.5) is 0 Å². The molecule has 2 saturated heterocycles. The Kier molecular flexibility index (Phi) is 8.58. The first-order chi connectivity index (χ1) is 19.6. The SMILES string of the molecule is O=c1cc(-c2ccccc2)oc2cc(OC3OC(CO[C@@H]4O[C@H](CO)C(O)[C@H](O)C4O)[C@@H](O)C(O)[C@H]3O)cc(O)c12. The van der Waals surface area contributed by atoms with Crippen molar-refractivity contribution in [1.82, 2.24) is 0 Å². The minimum absolute atomic E-state index is 0.0280. The summed E-state index contributed by atoms with van der Waals surface area (Å²) >= 11 is 0. The predicted molar refractivity (Wildman–Crippen MR) is 137 cm³/mol. The zero-order valence-corrected chi connectivity index (χ0v) is 21.3. The third-order valence-electron chi connectivity index (χ3n) is 7.04. The van der Waals surface area contributed by atoms with Gasteiger partial charge in [-0.3, -0.25) is 4.79 Å². The third kappa shape index (κ3) is 5.80. The second-order valence-electron chi connectivity index (χ2n) is 9.82. The van der Waals surface area contributed by atoms with E-state index in [1.807, 2.05) is 0 Å². The molecule has 0 aliphatic carbocycles. The first kappa shape index (κ1) is 29.3. The smallest absolute Gasteiger partial charge is 0.229 e. The predicted octanol–water partition coefficient (Wildman–Crippen LogP) is -1.83. The van der Waals surface area contributed by atoms with Crippen LogP contribution in [0.25, 0.3) is 22.3 Å². The first-order valence-corrected chi connectivity index (χ1v) is 12.7. The number of rotatable bonds is 7. The number of phenols is 1. The van der Waals surface area contributed by atoms with Crippen molar-refractivity contribution in [2.24, 2.45) is 0 Å². The van der Waals surface area contributed by atoms with E-state index in [2.05, 4.69) is 0 Å². The molecule has 0 radical (unpaired) electrons. The van der Waals surface area contributed by atoms with Gasteiger partial charge in [0.1, 0.15) is 77.1 Å². The number of aliphatic hydroxyl groups is 7. The van der Waals surface area contributed by atoms with E-state index in [4.69, 9.17) is 23.4 Å². The molecule has 3 aromatic rings. The maximum Gasteiger partial charge on any atom is 0.229 e. The van der Waals surface area contributed by atoms with Crippen LogP contribution in [0, 0.1) is 0 Å². The molecule has 2 aliphatic heterocycles. The molecule has 222 valence electrons.